The molecule has 0 aliphatic rings. The van der Waals surface area contributed by atoms with E-state index >= 15 is 0 Å². The molecule has 0 amide bonds. The number of methoxy groups -OCH3 is 1. The van der Waals surface area contributed by atoms with Gasteiger partial charge in [0.05, 0.1) is 18.5 Å². The number of aromatic nitrogens is 2. The molecular weight excluding hydrogens is 252 g/mol. The molecule has 0 atom stereocenters. The highest BCUT2D eigenvalue weighted by Gasteiger charge is 2.14. The average molecular weight is 274 g/mol. The van der Waals surface area contributed by atoms with Crippen LogP contribution in [-0.2, 0) is 6.54 Å². The molecule has 0 fully saturated rings. The minimum absolute atomic E-state index is 0.268. The van der Waals surface area contributed by atoms with Crippen LogP contribution < -0.4 is 15.8 Å². The zero-order chi connectivity index (χ0) is 14.7. The van der Waals surface area contributed by atoms with Crippen molar-refractivity contribution in [3.8, 4) is 5.75 Å². The van der Waals surface area contributed by atoms with Crippen LogP contribution in [0.25, 0.3) is 0 Å². The maximum absolute atomic E-state index is 6.09. The number of hydrogen-bond donors (Lipinski definition) is 2. The first-order valence-corrected chi connectivity index (χ1v) is 6.74. The van der Waals surface area contributed by atoms with Crippen molar-refractivity contribution >= 4 is 11.5 Å². The molecule has 0 bridgehead atoms. The molecule has 2 rings (SSSR count). The topological polar surface area (TPSA) is 65.1 Å². The van der Waals surface area contributed by atoms with E-state index in [9.17, 15) is 0 Å². The fourth-order valence-corrected chi connectivity index (χ4v) is 2.04. The Hall–Kier alpha value is -2.17. The van der Waals surface area contributed by atoms with Crippen molar-refractivity contribution in [2.45, 2.75) is 33.4 Å². The lowest BCUT2D eigenvalue weighted by atomic mass is 10.2. The molecule has 0 radical (unpaired) electrons. The normalized spacial score (nSPS) is 10.8. The van der Waals surface area contributed by atoms with Crippen molar-refractivity contribution in [1.82, 2.24) is 9.78 Å². The Balaban J connectivity index is 2.13. The van der Waals surface area contributed by atoms with Gasteiger partial charge in [0.2, 0.25) is 0 Å². The SMILES string of the molecule is COc1ccc(CNc2c(N)c(C)nn2C(C)C)cc1. The molecule has 0 aliphatic heterocycles. The molecule has 0 saturated heterocycles. The Morgan fingerprint density at radius 2 is 1.95 bits per heavy atom. The lowest BCUT2D eigenvalue weighted by Gasteiger charge is -2.13. The van der Waals surface area contributed by atoms with Crippen LogP contribution in [0.1, 0.15) is 31.1 Å². The molecule has 5 heteroatoms. The molecule has 0 unspecified atom stereocenters. The average Bonchev–Trinajstić information content (AvgIpc) is 2.73. The van der Waals surface area contributed by atoms with E-state index < -0.39 is 0 Å². The highest BCUT2D eigenvalue weighted by Crippen LogP contribution is 2.26. The van der Waals surface area contributed by atoms with Gasteiger partial charge in [-0.3, -0.25) is 0 Å². The lowest BCUT2D eigenvalue weighted by Crippen LogP contribution is -2.11. The van der Waals surface area contributed by atoms with Crippen LogP contribution in [0.4, 0.5) is 11.5 Å². The van der Waals surface area contributed by atoms with Crippen molar-refractivity contribution in [3.05, 3.63) is 35.5 Å². The summed E-state index contributed by atoms with van der Waals surface area (Å²) >= 11 is 0. The number of ether oxygens (including phenoxy) is 1. The van der Waals surface area contributed by atoms with E-state index in [0.717, 1.165) is 17.3 Å². The first kappa shape index (κ1) is 14.2. The summed E-state index contributed by atoms with van der Waals surface area (Å²) in [7, 11) is 1.66. The van der Waals surface area contributed by atoms with E-state index in [4.69, 9.17) is 10.5 Å². The summed E-state index contributed by atoms with van der Waals surface area (Å²) < 4.78 is 7.08. The van der Waals surface area contributed by atoms with Crippen LogP contribution in [0.3, 0.4) is 0 Å². The number of anilines is 2. The summed E-state index contributed by atoms with van der Waals surface area (Å²) in [5, 5.41) is 7.83. The largest absolute Gasteiger partial charge is 0.497 e. The molecule has 20 heavy (non-hydrogen) atoms. The summed E-state index contributed by atoms with van der Waals surface area (Å²) in [6.45, 7) is 6.80. The standard InChI is InChI=1S/C15H22N4O/c1-10(2)19-15(14(16)11(3)18-19)17-9-12-5-7-13(20-4)8-6-12/h5-8,10,17H,9,16H2,1-4H3. The van der Waals surface area contributed by atoms with Crippen LogP contribution >= 0.6 is 0 Å². The molecule has 2 aromatic rings. The second-order valence-corrected chi connectivity index (χ2v) is 5.09. The molecule has 3 N–H and O–H groups in total. The van der Waals surface area contributed by atoms with E-state index in [1.165, 1.54) is 5.56 Å². The fourth-order valence-electron chi connectivity index (χ4n) is 2.04. The van der Waals surface area contributed by atoms with E-state index in [1.54, 1.807) is 7.11 Å². The highest BCUT2D eigenvalue weighted by atomic mass is 16.5. The molecule has 1 aromatic heterocycles. The third-order valence-corrected chi connectivity index (χ3v) is 3.24. The van der Waals surface area contributed by atoms with Gasteiger partial charge >= 0.3 is 0 Å². The number of aryl methyl sites for hydroxylation is 1. The summed E-state index contributed by atoms with van der Waals surface area (Å²) in [6.07, 6.45) is 0. The number of nitrogens with zero attached hydrogens (tertiary/aromatic N) is 2. The summed E-state index contributed by atoms with van der Waals surface area (Å²) in [6, 6.07) is 8.23. The van der Waals surface area contributed by atoms with Crippen LogP contribution in [-0.4, -0.2) is 16.9 Å². The maximum Gasteiger partial charge on any atom is 0.148 e. The van der Waals surface area contributed by atoms with Gasteiger partial charge in [0.1, 0.15) is 11.6 Å². The van der Waals surface area contributed by atoms with E-state index in [-0.39, 0.29) is 6.04 Å². The van der Waals surface area contributed by atoms with Crippen LogP contribution in [0.15, 0.2) is 24.3 Å². The predicted molar refractivity (Wildman–Crippen MR) is 82.1 cm³/mol. The second-order valence-electron chi connectivity index (χ2n) is 5.09. The number of benzene rings is 1. The summed E-state index contributed by atoms with van der Waals surface area (Å²) in [5.74, 6) is 1.74. The first-order valence-electron chi connectivity index (χ1n) is 6.74. The molecule has 0 saturated carbocycles. The Kier molecular flexibility index (Phi) is 4.17. The Bertz CT molecular complexity index is 572. The van der Waals surface area contributed by atoms with Gasteiger partial charge < -0.3 is 15.8 Å². The van der Waals surface area contributed by atoms with Crippen LogP contribution in [0.5, 0.6) is 5.75 Å². The zero-order valence-electron chi connectivity index (χ0n) is 12.5. The van der Waals surface area contributed by atoms with Crippen molar-refractivity contribution in [2.24, 2.45) is 0 Å². The van der Waals surface area contributed by atoms with Crippen molar-refractivity contribution in [3.63, 3.8) is 0 Å². The van der Waals surface area contributed by atoms with Crippen LogP contribution in [0, 0.1) is 6.92 Å². The fraction of sp³-hybridized carbons (Fsp3) is 0.400. The van der Waals surface area contributed by atoms with Crippen LogP contribution in [0.2, 0.25) is 0 Å². The smallest absolute Gasteiger partial charge is 0.148 e. The first-order chi connectivity index (χ1) is 9.52. The maximum atomic E-state index is 6.09. The van der Waals surface area contributed by atoms with Gasteiger partial charge in [0.15, 0.2) is 0 Å². The number of nitrogens with one attached hydrogen (secondary N) is 1. The Morgan fingerprint density at radius 1 is 1.30 bits per heavy atom. The minimum Gasteiger partial charge on any atom is -0.497 e. The number of nitrogens with two attached hydrogens (primary N) is 1. The summed E-state index contributed by atoms with van der Waals surface area (Å²) in [4.78, 5) is 0. The molecule has 1 heterocycles. The van der Waals surface area contributed by atoms with Gasteiger partial charge in [-0.1, -0.05) is 12.1 Å². The van der Waals surface area contributed by atoms with Gasteiger partial charge in [-0.15, -0.1) is 0 Å². The molecule has 0 spiro atoms. The van der Waals surface area contributed by atoms with Gasteiger partial charge in [-0.2, -0.15) is 5.10 Å². The zero-order valence-corrected chi connectivity index (χ0v) is 12.5. The third kappa shape index (κ3) is 2.87. The van der Waals surface area contributed by atoms with E-state index in [0.29, 0.717) is 12.2 Å². The molecule has 0 aliphatic carbocycles. The Labute approximate surface area is 119 Å². The number of rotatable bonds is 5. The van der Waals surface area contributed by atoms with Gasteiger partial charge in [0.25, 0.3) is 0 Å². The molecule has 1 aromatic carbocycles. The molecule has 108 valence electrons. The minimum atomic E-state index is 0.268. The second kappa shape index (κ2) is 5.86. The third-order valence-electron chi connectivity index (χ3n) is 3.24. The van der Waals surface area contributed by atoms with Gasteiger partial charge in [-0.25, -0.2) is 4.68 Å². The van der Waals surface area contributed by atoms with E-state index in [1.807, 2.05) is 35.9 Å². The number of hydrogen-bond acceptors (Lipinski definition) is 4. The monoisotopic (exact) mass is 274 g/mol. The molecule has 5 nitrogen and oxygen atoms in total. The molecular formula is C15H22N4O. The number of nitrogen functional groups attached to an aromatic ring is 1. The summed E-state index contributed by atoms with van der Waals surface area (Å²) in [5.41, 5.74) is 8.82. The lowest BCUT2D eigenvalue weighted by molar-refractivity contribution is 0.414. The quantitative estimate of drug-likeness (QED) is 0.879. The van der Waals surface area contributed by atoms with Gasteiger partial charge in [0, 0.05) is 12.6 Å². The predicted octanol–water partition coefficient (Wildman–Crippen LogP) is 2.98. The van der Waals surface area contributed by atoms with Gasteiger partial charge in [-0.05, 0) is 38.5 Å². The van der Waals surface area contributed by atoms with Crippen molar-refractivity contribution < 1.29 is 4.74 Å². The van der Waals surface area contributed by atoms with Crippen molar-refractivity contribution in [1.29, 1.82) is 0 Å². The highest BCUT2D eigenvalue weighted by molar-refractivity contribution is 5.65. The van der Waals surface area contributed by atoms with Crippen molar-refractivity contribution in [2.75, 3.05) is 18.2 Å². The Morgan fingerprint density at radius 3 is 2.50 bits per heavy atom. The van der Waals surface area contributed by atoms with E-state index in [2.05, 4.69) is 24.3 Å².